The zero-order valence-electron chi connectivity index (χ0n) is 59.8. The van der Waals surface area contributed by atoms with Gasteiger partial charge in [-0.2, -0.15) is 0 Å². The van der Waals surface area contributed by atoms with Crippen LogP contribution in [-0.2, 0) is 76.1 Å². The van der Waals surface area contributed by atoms with E-state index in [1.54, 1.807) is 46.2 Å². The van der Waals surface area contributed by atoms with Crippen LogP contribution in [0.25, 0.3) is 33.7 Å². The second-order valence-corrected chi connectivity index (χ2v) is 26.9. The third-order valence-electron chi connectivity index (χ3n) is 19.5. The molecule has 0 radical (unpaired) electrons. The first-order chi connectivity index (χ1) is 48.9. The van der Waals surface area contributed by atoms with Crippen molar-refractivity contribution in [3.8, 4) is 11.5 Å². The van der Waals surface area contributed by atoms with Gasteiger partial charge in [0, 0.05) is 110 Å². The zero-order chi connectivity index (χ0) is 72.0. The molecule has 9 rings (SSSR count). The number of fused-ring (bicyclic) bond motifs is 6. The molecule has 101 heavy (non-hydrogen) atoms. The van der Waals surface area contributed by atoms with Crippen molar-refractivity contribution in [2.24, 2.45) is 29.6 Å². The molecule has 0 saturated carbocycles. The highest BCUT2D eigenvalue weighted by Gasteiger charge is 2.47. The first-order valence-electron chi connectivity index (χ1n) is 35.6. The Hall–Kier alpha value is -6.73. The number of hydrogen-bond acceptors (Lipinski definition) is 18. The number of nitrogens with one attached hydrogen (secondary N) is 1. The first kappa shape index (κ1) is 78.4. The summed E-state index contributed by atoms with van der Waals surface area (Å²) in [6, 6.07) is 24.8. The predicted octanol–water partition coefficient (Wildman–Crippen LogP) is 12.9. The summed E-state index contributed by atoms with van der Waals surface area (Å²) in [7, 11) is 0. The summed E-state index contributed by atoms with van der Waals surface area (Å²) in [5, 5.41) is 6.46. The molecule has 0 spiro atoms. The number of carbonyl (C=O) groups excluding carboxylic acids is 5. The Morgan fingerprint density at radius 2 is 0.990 bits per heavy atom. The number of rotatable bonds is 38. The van der Waals surface area contributed by atoms with Crippen molar-refractivity contribution in [3.05, 3.63) is 113 Å². The van der Waals surface area contributed by atoms with Crippen molar-refractivity contribution in [1.82, 2.24) is 0 Å². The maximum absolute atomic E-state index is 14.8. The van der Waals surface area contributed by atoms with Crippen LogP contribution < -0.4 is 24.6 Å². The highest BCUT2D eigenvalue weighted by molar-refractivity contribution is 6.20. The van der Waals surface area contributed by atoms with Crippen molar-refractivity contribution >= 4 is 104 Å². The summed E-state index contributed by atoms with van der Waals surface area (Å²) < 4.78 is 77.1. The van der Waals surface area contributed by atoms with Crippen LogP contribution in [0.15, 0.2) is 91.0 Å². The van der Waals surface area contributed by atoms with Gasteiger partial charge in [0.05, 0.1) is 116 Å². The minimum Gasteiger partial charge on any atom is -0.464 e. The fourth-order valence-electron chi connectivity index (χ4n) is 13.5. The molecule has 5 aromatic carbocycles. The normalized spacial score (nSPS) is 23.4. The standard InChI is InChI=1S/C78H101Cl2N3O18/c1-10-27-89-29-31-91-33-35-93-37-39-95-40-38-94-36-34-92-32-30-90-28-26-71(86)81-64-41-56(20-22-57(64)23-25-73(88)83-47-59(45-80)74-62-18-14-12-16-60(62)68(42-65(74)83)99-77-53(7)49(3)50(4)67(11-2)98-77)21-24-72(87)82-46-58(44-79)75-63-19-15-13-17-61(63)69(43-66(75)82)100-78-76(97-55(9)85)52(6)51(5)70(101-78)48-96-54(8)84/h12-25,41-43,49-53,58-59,67,70,76-78H,10-11,26-40,44-48H2,1-9H3,(H,81,86)/b24-21+,25-23+/t49-,50+,51+,52-,53+,58+,59+,67+,70+,76+,77-,78+/m0/s1. The highest BCUT2D eigenvalue weighted by atomic mass is 35.5. The van der Waals surface area contributed by atoms with Crippen LogP contribution in [0.5, 0.6) is 11.5 Å². The molecule has 5 aromatic rings. The molecule has 2 saturated heterocycles. The Labute approximate surface area is 603 Å². The molecule has 12 atom stereocenters. The summed E-state index contributed by atoms with van der Waals surface area (Å²) in [6.45, 7) is 24.0. The topological polar surface area (TPSA) is 224 Å². The van der Waals surface area contributed by atoms with Crippen LogP contribution in [0, 0.1) is 29.6 Å². The second-order valence-electron chi connectivity index (χ2n) is 26.3. The number of hydrogen-bond donors (Lipinski definition) is 1. The molecule has 0 bridgehead atoms. The van der Waals surface area contributed by atoms with Gasteiger partial charge < -0.3 is 76.7 Å². The molecule has 4 heterocycles. The average Bonchev–Trinajstić information content (AvgIpc) is 1.63. The van der Waals surface area contributed by atoms with Crippen LogP contribution in [0.3, 0.4) is 0 Å². The summed E-state index contributed by atoms with van der Waals surface area (Å²) >= 11 is 13.5. The number of anilines is 3. The van der Waals surface area contributed by atoms with Gasteiger partial charge >= 0.3 is 11.9 Å². The van der Waals surface area contributed by atoms with E-state index in [1.165, 1.54) is 26.0 Å². The quantitative estimate of drug-likeness (QED) is 0.0168. The molecule has 21 nitrogen and oxygen atoms in total. The van der Waals surface area contributed by atoms with Crippen molar-refractivity contribution in [2.45, 2.75) is 124 Å². The molecular formula is C78H101Cl2N3O18. The van der Waals surface area contributed by atoms with Gasteiger partial charge in [0.25, 0.3) is 11.8 Å². The average molecular weight is 1440 g/mol. The number of ether oxygens (including phenoxy) is 13. The third-order valence-corrected chi connectivity index (χ3v) is 20.3. The Kier molecular flexibility index (Phi) is 30.5. The minimum absolute atomic E-state index is 0.00233. The fourth-order valence-corrected chi connectivity index (χ4v) is 14.0. The number of amides is 3. The molecule has 4 aliphatic rings. The van der Waals surface area contributed by atoms with Crippen LogP contribution in [0.1, 0.15) is 116 Å². The molecule has 4 aliphatic heterocycles. The fraction of sp³-hybridized carbons (Fsp3) is 0.551. The number of alkyl halides is 2. The monoisotopic (exact) mass is 1440 g/mol. The van der Waals surface area contributed by atoms with Crippen LogP contribution in [0.4, 0.5) is 17.1 Å². The van der Waals surface area contributed by atoms with E-state index in [2.05, 4.69) is 39.9 Å². The molecule has 2 fully saturated rings. The summed E-state index contributed by atoms with van der Waals surface area (Å²) in [5.74, 6) is -0.521. The lowest BCUT2D eigenvalue weighted by Gasteiger charge is -2.43. The SMILES string of the molecule is CCCOCCOCCOCCOCCOCCOCCOCCC(=O)Nc1cc(/C=C/C(=O)N2C[C@@H](CCl)c3c2cc(O[C@@H]2O[C@H](COC(C)=O)[C@H](C)[C@H](C)[C@H]2OC(C)=O)c2ccccc32)ccc1/C=C/C(=O)N1C[C@@H](CCl)c2c1cc(O[C@@H]1O[C@H](CC)[C@H](C)[C@H](C)[C@H]1C)c1ccccc21. The maximum Gasteiger partial charge on any atom is 0.303 e. The van der Waals surface area contributed by atoms with Gasteiger partial charge in [-0.1, -0.05) is 109 Å². The highest BCUT2D eigenvalue weighted by Crippen LogP contribution is 2.49. The summed E-state index contributed by atoms with van der Waals surface area (Å²) in [6.07, 6.45) is 5.18. The van der Waals surface area contributed by atoms with Gasteiger partial charge in [0.15, 0.2) is 6.10 Å². The second kappa shape index (κ2) is 39.2. The number of benzene rings is 5. The number of halogens is 2. The molecule has 0 unspecified atom stereocenters. The number of carbonyl (C=O) groups is 5. The molecule has 0 aliphatic carbocycles. The van der Waals surface area contributed by atoms with Crippen LogP contribution in [0.2, 0.25) is 0 Å². The van der Waals surface area contributed by atoms with Crippen LogP contribution >= 0.6 is 23.2 Å². The van der Waals surface area contributed by atoms with Crippen molar-refractivity contribution in [2.75, 3.05) is 139 Å². The molecule has 0 aromatic heterocycles. The van der Waals surface area contributed by atoms with Gasteiger partial charge in [-0.05, 0) is 81.8 Å². The number of nitrogens with zero attached hydrogens (tertiary/aromatic N) is 2. The van der Waals surface area contributed by atoms with E-state index in [4.69, 9.17) is 84.8 Å². The smallest absolute Gasteiger partial charge is 0.303 e. The lowest BCUT2D eigenvalue weighted by molar-refractivity contribution is -0.253. The Morgan fingerprint density at radius 1 is 0.525 bits per heavy atom. The Morgan fingerprint density at radius 3 is 1.48 bits per heavy atom. The largest absolute Gasteiger partial charge is 0.464 e. The molecule has 1 N–H and O–H groups in total. The Bertz CT molecular complexity index is 3620. The van der Waals surface area contributed by atoms with E-state index in [-0.39, 0.29) is 98.0 Å². The van der Waals surface area contributed by atoms with Crippen molar-refractivity contribution in [1.29, 1.82) is 0 Å². The minimum atomic E-state index is -1.11. The molecule has 550 valence electrons. The summed E-state index contributed by atoms with van der Waals surface area (Å²) in [5.41, 5.74) is 4.60. The van der Waals surface area contributed by atoms with Crippen LogP contribution in [-0.4, -0.2) is 185 Å². The molecule has 23 heteroatoms. The van der Waals surface area contributed by atoms with E-state index < -0.39 is 36.7 Å². The lowest BCUT2D eigenvalue weighted by Crippen LogP contribution is -2.54. The molecular weight excluding hydrogens is 1340 g/mol. The van der Waals surface area contributed by atoms with Crippen molar-refractivity contribution in [3.63, 3.8) is 0 Å². The van der Waals surface area contributed by atoms with Gasteiger partial charge in [-0.25, -0.2) is 0 Å². The zero-order valence-corrected chi connectivity index (χ0v) is 61.3. The maximum atomic E-state index is 14.8. The number of esters is 2. The van der Waals surface area contributed by atoms with E-state index in [0.29, 0.717) is 131 Å². The van der Waals surface area contributed by atoms with Gasteiger partial charge in [-0.15, -0.1) is 23.2 Å². The van der Waals surface area contributed by atoms with E-state index in [0.717, 1.165) is 52.1 Å². The first-order valence-corrected chi connectivity index (χ1v) is 36.7. The van der Waals surface area contributed by atoms with Gasteiger partial charge in [0.2, 0.25) is 18.5 Å². The Balaban J connectivity index is 0.891. The lowest BCUT2D eigenvalue weighted by atomic mass is 9.78. The predicted molar refractivity (Wildman–Crippen MR) is 390 cm³/mol. The van der Waals surface area contributed by atoms with Crippen molar-refractivity contribution < 1.29 is 85.6 Å². The third kappa shape index (κ3) is 20.8. The van der Waals surface area contributed by atoms with E-state index in [9.17, 15) is 24.0 Å². The van der Waals surface area contributed by atoms with E-state index in [1.807, 2.05) is 68.4 Å². The van der Waals surface area contributed by atoms with Gasteiger partial charge in [0.1, 0.15) is 18.1 Å². The van der Waals surface area contributed by atoms with E-state index >= 15 is 0 Å². The summed E-state index contributed by atoms with van der Waals surface area (Å²) in [4.78, 5) is 71.2. The molecule has 3 amide bonds. The van der Waals surface area contributed by atoms with Gasteiger partial charge in [-0.3, -0.25) is 24.0 Å².